The molecule has 0 amide bonds. The summed E-state index contributed by atoms with van der Waals surface area (Å²) in [7, 11) is -1.28. The average molecular weight is 278 g/mol. The van der Waals surface area contributed by atoms with Crippen LogP contribution in [0.3, 0.4) is 0 Å². The molecule has 0 spiro atoms. The van der Waals surface area contributed by atoms with Gasteiger partial charge in [0, 0.05) is 18.6 Å². The van der Waals surface area contributed by atoms with Gasteiger partial charge in [-0.1, -0.05) is 37.8 Å². The van der Waals surface area contributed by atoms with Crippen molar-refractivity contribution < 1.29 is 9.47 Å². The molecule has 2 nitrogen and oxygen atoms in total. The lowest BCUT2D eigenvalue weighted by Gasteiger charge is -2.07. The monoisotopic (exact) mass is 278 g/mol. The van der Waals surface area contributed by atoms with E-state index in [1.165, 1.54) is 0 Å². The topological polar surface area (TPSA) is 18.5 Å². The van der Waals surface area contributed by atoms with E-state index in [1.807, 2.05) is 30.3 Å². The highest BCUT2D eigenvalue weighted by Gasteiger charge is 2.07. The summed E-state index contributed by atoms with van der Waals surface area (Å²) in [4.78, 5) is 0. The Labute approximate surface area is 115 Å². The molecule has 1 rings (SSSR count). The van der Waals surface area contributed by atoms with Crippen molar-refractivity contribution in [2.45, 2.75) is 26.1 Å². The third kappa shape index (κ3) is 7.10. The molecule has 0 aliphatic carbocycles. The Kier molecular flexibility index (Phi) is 5.89. The number of ether oxygens (including phenoxy) is 2. The highest BCUT2D eigenvalue weighted by atomic mass is 32.1. The number of hydrogen-bond acceptors (Lipinski definition) is 3. The van der Waals surface area contributed by atoms with Gasteiger partial charge in [0.05, 0.1) is 0 Å². The third-order valence-corrected chi connectivity index (χ3v) is 2.98. The van der Waals surface area contributed by atoms with Crippen LogP contribution in [-0.4, -0.2) is 19.9 Å². The Morgan fingerprint density at radius 3 is 2.50 bits per heavy atom. The Morgan fingerprint density at radius 2 is 1.89 bits per heavy atom. The summed E-state index contributed by atoms with van der Waals surface area (Å²) >= 11 is 4.98. The molecule has 0 bridgehead atoms. The Morgan fingerprint density at radius 1 is 1.22 bits per heavy atom. The number of para-hydroxylation sites is 1. The summed E-state index contributed by atoms with van der Waals surface area (Å²) in [6.07, 6.45) is 0.683. The van der Waals surface area contributed by atoms with Crippen LogP contribution in [-0.2, 0) is 4.74 Å². The van der Waals surface area contributed by atoms with E-state index in [1.54, 1.807) is 0 Å². The summed E-state index contributed by atoms with van der Waals surface area (Å²) < 4.78 is 10.6. The van der Waals surface area contributed by atoms with E-state index in [9.17, 15) is 0 Å². The van der Waals surface area contributed by atoms with Crippen molar-refractivity contribution in [2.24, 2.45) is 0 Å². The summed E-state index contributed by atoms with van der Waals surface area (Å²) in [5, 5.41) is 0.149. The van der Waals surface area contributed by atoms with Crippen molar-refractivity contribution in [1.82, 2.24) is 0 Å². The number of hydrogen-bond donors (Lipinski definition) is 0. The normalized spacial score (nSPS) is 10.2. The van der Waals surface area contributed by atoms with E-state index in [0.717, 1.165) is 0 Å². The first-order valence-corrected chi connectivity index (χ1v) is 9.78. The zero-order valence-electron chi connectivity index (χ0n) is 11.0. The average Bonchev–Trinajstić information content (AvgIpc) is 2.28. The van der Waals surface area contributed by atoms with E-state index in [-0.39, 0.29) is 5.24 Å². The molecule has 0 unspecified atom stereocenters. The molecular formula is C14H18O2SSi. The van der Waals surface area contributed by atoms with E-state index >= 15 is 0 Å². The molecule has 18 heavy (non-hydrogen) atoms. The zero-order valence-corrected chi connectivity index (χ0v) is 12.8. The molecule has 1 aromatic rings. The van der Waals surface area contributed by atoms with E-state index < -0.39 is 8.07 Å². The maximum Gasteiger partial charge on any atom is 0.357 e. The Balaban J connectivity index is 2.24. The van der Waals surface area contributed by atoms with Crippen LogP contribution in [0, 0.1) is 11.5 Å². The van der Waals surface area contributed by atoms with Gasteiger partial charge in [0.25, 0.3) is 0 Å². The first kappa shape index (κ1) is 14.7. The lowest BCUT2D eigenvalue weighted by Crippen LogP contribution is -2.16. The standard InChI is InChI=1S/C14H18O2SSi/c1-18(2,3)12-8-7-11-15-14(17)16-13-9-5-4-6-10-13/h4-6,9-10H,7,11H2,1-3H3. The third-order valence-electron chi connectivity index (χ3n) is 1.85. The van der Waals surface area contributed by atoms with Gasteiger partial charge in [-0.05, 0) is 12.1 Å². The van der Waals surface area contributed by atoms with Crippen LogP contribution in [0.4, 0.5) is 0 Å². The smallest absolute Gasteiger partial charge is 0.357 e. The van der Waals surface area contributed by atoms with Gasteiger partial charge in [-0.25, -0.2) is 0 Å². The van der Waals surface area contributed by atoms with Gasteiger partial charge >= 0.3 is 5.24 Å². The molecule has 96 valence electrons. The summed E-state index contributed by atoms with van der Waals surface area (Å²) in [6.45, 7) is 7.11. The summed E-state index contributed by atoms with van der Waals surface area (Å²) in [5.74, 6) is 3.81. The second-order valence-corrected chi connectivity index (χ2v) is 9.90. The van der Waals surface area contributed by atoms with Crippen LogP contribution in [0.2, 0.25) is 19.6 Å². The lowest BCUT2D eigenvalue weighted by atomic mass is 10.3. The lowest BCUT2D eigenvalue weighted by molar-refractivity contribution is 0.255. The minimum atomic E-state index is -1.28. The van der Waals surface area contributed by atoms with E-state index in [4.69, 9.17) is 21.7 Å². The van der Waals surface area contributed by atoms with Gasteiger partial charge in [-0.2, -0.15) is 0 Å². The van der Waals surface area contributed by atoms with Crippen molar-refractivity contribution in [3.05, 3.63) is 30.3 Å². The summed E-state index contributed by atoms with van der Waals surface area (Å²) in [5.41, 5.74) is 3.27. The maximum atomic E-state index is 5.33. The Hall–Kier alpha value is -1.31. The largest absolute Gasteiger partial charge is 0.456 e. The van der Waals surface area contributed by atoms with Crippen LogP contribution in [0.15, 0.2) is 30.3 Å². The van der Waals surface area contributed by atoms with Gasteiger partial charge in [-0.15, -0.1) is 11.5 Å². The van der Waals surface area contributed by atoms with Crippen LogP contribution in [0.5, 0.6) is 5.75 Å². The molecule has 4 heteroatoms. The maximum absolute atomic E-state index is 5.33. The van der Waals surface area contributed by atoms with Crippen molar-refractivity contribution in [2.75, 3.05) is 6.61 Å². The highest BCUT2D eigenvalue weighted by molar-refractivity contribution is 7.79. The molecular weight excluding hydrogens is 260 g/mol. The molecule has 0 heterocycles. The van der Waals surface area contributed by atoms with Crippen molar-refractivity contribution in [3.8, 4) is 17.2 Å². The van der Waals surface area contributed by atoms with Gasteiger partial charge in [0.15, 0.2) is 0 Å². The predicted molar refractivity (Wildman–Crippen MR) is 81.4 cm³/mol. The van der Waals surface area contributed by atoms with E-state index in [0.29, 0.717) is 18.8 Å². The molecule has 1 aromatic carbocycles. The number of thiocarbonyl (C=S) groups is 1. The van der Waals surface area contributed by atoms with Crippen LogP contribution >= 0.6 is 12.2 Å². The number of rotatable bonds is 3. The van der Waals surface area contributed by atoms with Gasteiger partial charge in [0.1, 0.15) is 20.4 Å². The molecule has 0 radical (unpaired) electrons. The second-order valence-electron chi connectivity index (χ2n) is 4.82. The minimum absolute atomic E-state index is 0.149. The van der Waals surface area contributed by atoms with Crippen LogP contribution in [0.1, 0.15) is 6.42 Å². The van der Waals surface area contributed by atoms with Crippen molar-refractivity contribution >= 4 is 25.5 Å². The van der Waals surface area contributed by atoms with Crippen LogP contribution in [0.25, 0.3) is 0 Å². The predicted octanol–water partition coefficient (Wildman–Crippen LogP) is 3.64. The number of benzene rings is 1. The van der Waals surface area contributed by atoms with Crippen LogP contribution < -0.4 is 4.74 Å². The van der Waals surface area contributed by atoms with Gasteiger partial charge < -0.3 is 9.47 Å². The molecule has 0 aromatic heterocycles. The molecule has 0 N–H and O–H groups in total. The Bertz CT molecular complexity index is 440. The fraction of sp³-hybridized carbons (Fsp3) is 0.357. The molecule has 0 atom stereocenters. The first-order chi connectivity index (χ1) is 8.47. The fourth-order valence-corrected chi connectivity index (χ4v) is 1.96. The van der Waals surface area contributed by atoms with Crippen molar-refractivity contribution in [1.29, 1.82) is 0 Å². The minimum Gasteiger partial charge on any atom is -0.456 e. The second kappa shape index (κ2) is 7.19. The quantitative estimate of drug-likeness (QED) is 0.364. The van der Waals surface area contributed by atoms with E-state index in [2.05, 4.69) is 31.1 Å². The fourth-order valence-electron chi connectivity index (χ4n) is 1.13. The van der Waals surface area contributed by atoms with Gasteiger partial charge in [0.2, 0.25) is 0 Å². The SMILES string of the molecule is C[Si](C)(C)C#CCCOC(=S)Oc1ccccc1. The molecule has 0 fully saturated rings. The zero-order chi connectivity index (χ0) is 13.4. The van der Waals surface area contributed by atoms with Gasteiger partial charge in [-0.3, -0.25) is 0 Å². The molecule has 0 saturated carbocycles. The summed E-state index contributed by atoms with van der Waals surface area (Å²) in [6, 6.07) is 9.36. The highest BCUT2D eigenvalue weighted by Crippen LogP contribution is 2.09. The molecule has 0 saturated heterocycles. The van der Waals surface area contributed by atoms with Crippen molar-refractivity contribution in [3.63, 3.8) is 0 Å². The molecule has 0 aliphatic rings. The first-order valence-electron chi connectivity index (χ1n) is 5.87. The molecule has 0 aliphatic heterocycles.